The van der Waals surface area contributed by atoms with Gasteiger partial charge in [-0.2, -0.15) is 13.9 Å². The Balaban J connectivity index is 0.00000114. The summed E-state index contributed by atoms with van der Waals surface area (Å²) in [6, 6.07) is 4.03. The minimum atomic E-state index is -3.60. The average molecular weight is 463 g/mol. The molecule has 2 heterocycles. The number of nitrogens with zero attached hydrogens (tertiary/aromatic N) is 3. The summed E-state index contributed by atoms with van der Waals surface area (Å²) in [6.45, 7) is -3.55. The van der Waals surface area contributed by atoms with Gasteiger partial charge in [-0.3, -0.25) is 14.6 Å². The van der Waals surface area contributed by atoms with E-state index in [0.717, 1.165) is 37.4 Å². The summed E-state index contributed by atoms with van der Waals surface area (Å²) in [4.78, 5) is 24.3. The number of amidine groups is 1. The van der Waals surface area contributed by atoms with Crippen molar-refractivity contribution in [1.82, 2.24) is 9.78 Å². The molecule has 1 unspecified atom stereocenters. The standard InChI is InChI=1S/C17H16F5N5O2.CH2O2/c1-16(17(21,22)8-29-7-13(23)25-16)10-6-9(2-3-11(10)18)24-14(28)12-4-5-27(26-12)15(19)20;2-1-3/h2-6,15H,7-8H2,1H3,(H2,23,25)(H,24,28);1H,(H,2,3). The predicted octanol–water partition coefficient (Wildman–Crippen LogP) is 2.61. The van der Waals surface area contributed by atoms with Crippen molar-refractivity contribution in [1.29, 1.82) is 0 Å². The smallest absolute Gasteiger partial charge is 0.333 e. The fourth-order valence-corrected chi connectivity index (χ4v) is 2.82. The third-order valence-electron chi connectivity index (χ3n) is 4.40. The fourth-order valence-electron chi connectivity index (χ4n) is 2.82. The highest BCUT2D eigenvalue weighted by atomic mass is 19.3. The third kappa shape index (κ3) is 5.19. The molecule has 2 aromatic rings. The summed E-state index contributed by atoms with van der Waals surface area (Å²) in [5.41, 5.74) is 2.26. The molecule has 1 aromatic carbocycles. The van der Waals surface area contributed by atoms with Gasteiger partial charge in [0.2, 0.25) is 0 Å². The first-order chi connectivity index (χ1) is 14.9. The molecule has 1 amide bonds. The van der Waals surface area contributed by atoms with Gasteiger partial charge in [-0.05, 0) is 31.2 Å². The molecule has 32 heavy (non-hydrogen) atoms. The average Bonchev–Trinajstić information content (AvgIpc) is 3.17. The first kappa shape index (κ1) is 24.7. The van der Waals surface area contributed by atoms with E-state index < -0.39 is 41.9 Å². The summed E-state index contributed by atoms with van der Waals surface area (Å²) < 4.78 is 74.0. The number of rotatable bonds is 4. The molecule has 3 rings (SSSR count). The number of amides is 1. The Kier molecular flexibility index (Phi) is 7.51. The zero-order valence-electron chi connectivity index (χ0n) is 16.4. The fraction of sp³-hybridized carbons (Fsp3) is 0.333. The van der Waals surface area contributed by atoms with Crippen molar-refractivity contribution in [2.75, 3.05) is 18.5 Å². The van der Waals surface area contributed by atoms with Gasteiger partial charge in [-0.15, -0.1) is 0 Å². The molecular formula is C18H18F5N5O4. The second kappa shape index (κ2) is 9.72. The highest BCUT2D eigenvalue weighted by Crippen LogP contribution is 2.44. The summed E-state index contributed by atoms with van der Waals surface area (Å²) in [5.74, 6) is -5.72. The zero-order chi connectivity index (χ0) is 24.1. The van der Waals surface area contributed by atoms with Crippen LogP contribution in [0.1, 0.15) is 29.5 Å². The Hall–Kier alpha value is -3.55. The predicted molar refractivity (Wildman–Crippen MR) is 101 cm³/mol. The lowest BCUT2D eigenvalue weighted by molar-refractivity contribution is -0.122. The van der Waals surface area contributed by atoms with Gasteiger partial charge >= 0.3 is 6.55 Å². The van der Waals surface area contributed by atoms with Gasteiger partial charge in [0, 0.05) is 17.4 Å². The van der Waals surface area contributed by atoms with Crippen LogP contribution in [-0.2, 0) is 15.1 Å². The van der Waals surface area contributed by atoms with Crippen molar-refractivity contribution in [3.63, 3.8) is 0 Å². The Morgan fingerprint density at radius 3 is 2.62 bits per heavy atom. The number of carbonyl (C=O) groups is 2. The number of benzene rings is 1. The second-order valence-electron chi connectivity index (χ2n) is 6.59. The molecule has 0 radical (unpaired) electrons. The Morgan fingerprint density at radius 2 is 2.03 bits per heavy atom. The lowest BCUT2D eigenvalue weighted by Gasteiger charge is -2.33. The van der Waals surface area contributed by atoms with E-state index in [1.54, 1.807) is 0 Å². The molecule has 1 aliphatic heterocycles. The van der Waals surface area contributed by atoms with E-state index in [9.17, 15) is 26.7 Å². The maximum Gasteiger partial charge on any atom is 0.333 e. The molecule has 1 aromatic heterocycles. The van der Waals surface area contributed by atoms with Crippen molar-refractivity contribution in [3.8, 4) is 0 Å². The molecule has 14 heteroatoms. The normalized spacial score (nSPS) is 19.9. The minimum absolute atomic E-state index is 0.0611. The van der Waals surface area contributed by atoms with Gasteiger partial charge in [-0.25, -0.2) is 17.9 Å². The molecule has 9 nitrogen and oxygen atoms in total. The van der Waals surface area contributed by atoms with Crippen molar-refractivity contribution < 1.29 is 41.4 Å². The highest BCUT2D eigenvalue weighted by Gasteiger charge is 2.54. The van der Waals surface area contributed by atoms with Crippen molar-refractivity contribution >= 4 is 23.9 Å². The maximum absolute atomic E-state index is 14.7. The van der Waals surface area contributed by atoms with Crippen LogP contribution in [0.3, 0.4) is 0 Å². The number of nitrogens with one attached hydrogen (secondary N) is 1. The maximum atomic E-state index is 14.7. The SMILES string of the molecule is CC1(c2cc(NC(=O)c3ccn(C(F)F)n3)ccc2F)N=C(N)COCC1(F)F.O=CO. The van der Waals surface area contributed by atoms with E-state index >= 15 is 0 Å². The van der Waals surface area contributed by atoms with E-state index in [-0.39, 0.29) is 35.0 Å². The Bertz CT molecular complexity index is 1010. The molecule has 0 saturated heterocycles. The number of halogens is 5. The van der Waals surface area contributed by atoms with E-state index in [0.29, 0.717) is 0 Å². The van der Waals surface area contributed by atoms with Gasteiger partial charge in [0.25, 0.3) is 18.3 Å². The number of alkyl halides is 4. The Labute approximate surface area is 177 Å². The van der Waals surface area contributed by atoms with E-state index in [1.807, 2.05) is 0 Å². The van der Waals surface area contributed by atoms with Gasteiger partial charge in [-0.1, -0.05) is 0 Å². The third-order valence-corrected chi connectivity index (χ3v) is 4.40. The van der Waals surface area contributed by atoms with Crippen LogP contribution < -0.4 is 11.1 Å². The quantitative estimate of drug-likeness (QED) is 0.472. The van der Waals surface area contributed by atoms with E-state index in [4.69, 9.17) is 20.4 Å². The molecule has 1 atom stereocenters. The highest BCUT2D eigenvalue weighted by molar-refractivity contribution is 6.02. The van der Waals surface area contributed by atoms with E-state index in [2.05, 4.69) is 15.4 Å². The first-order valence-electron chi connectivity index (χ1n) is 8.77. The number of anilines is 1. The van der Waals surface area contributed by atoms with Crippen molar-refractivity contribution in [2.45, 2.75) is 24.9 Å². The van der Waals surface area contributed by atoms with Crippen LogP contribution >= 0.6 is 0 Å². The summed E-state index contributed by atoms with van der Waals surface area (Å²) in [7, 11) is 0. The number of hydrogen-bond donors (Lipinski definition) is 3. The molecule has 1 aliphatic rings. The van der Waals surface area contributed by atoms with Crippen LogP contribution in [0.2, 0.25) is 0 Å². The number of carbonyl (C=O) groups excluding carboxylic acids is 1. The van der Waals surface area contributed by atoms with Gasteiger partial charge in [0.1, 0.15) is 24.9 Å². The summed E-state index contributed by atoms with van der Waals surface area (Å²) in [6.07, 6.45) is 0.903. The molecule has 174 valence electrons. The van der Waals surface area contributed by atoms with Crippen LogP contribution in [0.4, 0.5) is 27.6 Å². The number of carboxylic acid groups (broad SMARTS) is 1. The summed E-state index contributed by atoms with van der Waals surface area (Å²) in [5, 5.41) is 12.6. The molecule has 0 bridgehead atoms. The largest absolute Gasteiger partial charge is 0.483 e. The lowest BCUT2D eigenvalue weighted by atomic mass is 9.85. The van der Waals surface area contributed by atoms with Crippen LogP contribution in [0.25, 0.3) is 0 Å². The number of aliphatic imine (C=N–C) groups is 1. The monoisotopic (exact) mass is 463 g/mol. The Morgan fingerprint density at radius 1 is 1.38 bits per heavy atom. The zero-order valence-corrected chi connectivity index (χ0v) is 16.4. The van der Waals surface area contributed by atoms with Gasteiger partial charge in [0.05, 0.1) is 0 Å². The summed E-state index contributed by atoms with van der Waals surface area (Å²) >= 11 is 0. The van der Waals surface area contributed by atoms with Crippen molar-refractivity contribution in [3.05, 3.63) is 47.5 Å². The number of hydrogen-bond acceptors (Lipinski definition) is 6. The minimum Gasteiger partial charge on any atom is -0.483 e. The van der Waals surface area contributed by atoms with Gasteiger partial charge in [0.15, 0.2) is 11.2 Å². The molecule has 0 saturated carbocycles. The van der Waals surface area contributed by atoms with Crippen LogP contribution in [0.5, 0.6) is 0 Å². The number of ether oxygens (including phenoxy) is 1. The molecule has 0 fully saturated rings. The molecular weight excluding hydrogens is 445 g/mol. The lowest BCUT2D eigenvalue weighted by Crippen LogP contribution is -2.45. The van der Waals surface area contributed by atoms with Crippen LogP contribution in [-0.4, -0.2) is 52.2 Å². The second-order valence-corrected chi connectivity index (χ2v) is 6.59. The molecule has 4 N–H and O–H groups in total. The molecule has 0 spiro atoms. The van der Waals surface area contributed by atoms with Crippen LogP contribution in [0, 0.1) is 5.82 Å². The van der Waals surface area contributed by atoms with Gasteiger partial charge < -0.3 is 20.9 Å². The van der Waals surface area contributed by atoms with E-state index in [1.165, 1.54) is 0 Å². The topological polar surface area (TPSA) is 132 Å². The number of aromatic nitrogens is 2. The van der Waals surface area contributed by atoms with Crippen LogP contribution in [0.15, 0.2) is 35.5 Å². The first-order valence-corrected chi connectivity index (χ1v) is 8.77. The van der Waals surface area contributed by atoms with Crippen molar-refractivity contribution in [2.24, 2.45) is 10.7 Å². The molecule has 0 aliphatic carbocycles. The number of nitrogens with two attached hydrogens (primary N) is 1.